The van der Waals surface area contributed by atoms with Crippen molar-refractivity contribution >= 4 is 5.91 Å². The Bertz CT molecular complexity index is 1080. The van der Waals surface area contributed by atoms with Gasteiger partial charge in [-0.25, -0.2) is 0 Å². The van der Waals surface area contributed by atoms with Gasteiger partial charge in [-0.3, -0.25) is 4.79 Å². The fourth-order valence-electron chi connectivity index (χ4n) is 4.66. The highest BCUT2D eigenvalue weighted by Crippen LogP contribution is 2.38. The maximum Gasteiger partial charge on any atom is 0.220 e. The number of rotatable bonds is 12. The highest BCUT2D eigenvalue weighted by molar-refractivity contribution is 5.76. The van der Waals surface area contributed by atoms with E-state index in [-0.39, 0.29) is 23.6 Å². The molecule has 1 aliphatic rings. The normalized spacial score (nSPS) is 23.5. The van der Waals surface area contributed by atoms with Crippen LogP contribution in [-0.4, -0.2) is 103 Å². The highest BCUT2D eigenvalue weighted by Gasteiger charge is 2.44. The van der Waals surface area contributed by atoms with Gasteiger partial charge in [-0.1, -0.05) is 24.3 Å². The molecule has 0 bridgehead atoms. The zero-order valence-electron chi connectivity index (χ0n) is 21.9. The molecule has 0 unspecified atom stereocenters. The van der Waals surface area contributed by atoms with Gasteiger partial charge in [0, 0.05) is 12.0 Å². The highest BCUT2D eigenvalue weighted by atomic mass is 16.5. The number of aliphatic hydroxyl groups is 7. The van der Waals surface area contributed by atoms with E-state index in [1.165, 1.54) is 0 Å². The molecule has 1 saturated heterocycles. The number of amides is 1. The van der Waals surface area contributed by atoms with E-state index in [9.17, 15) is 45.6 Å². The number of aliphatic hydroxyl groups excluding tert-OH is 7. The summed E-state index contributed by atoms with van der Waals surface area (Å²) < 4.78 is 5.62. The monoisotopic (exact) mass is 549 g/mol. The number of phenolic OH excluding ortho intramolecular Hbond substituents is 1. The summed E-state index contributed by atoms with van der Waals surface area (Å²) in [5, 5.41) is 81.2. The Morgan fingerprint density at radius 3 is 2.13 bits per heavy atom. The number of ether oxygens (including phenoxy) is 1. The number of aryl methyl sites for hydroxylation is 2. The molecular weight excluding hydrogens is 510 g/mol. The van der Waals surface area contributed by atoms with Crippen LogP contribution in [0.1, 0.15) is 46.8 Å². The van der Waals surface area contributed by atoms with Crippen LogP contribution in [0.2, 0.25) is 0 Å². The first kappa shape index (κ1) is 30.9. The Hall–Kier alpha value is -2.61. The molecule has 1 amide bonds. The predicted octanol–water partition coefficient (Wildman–Crippen LogP) is -1.04. The number of nitrogens with one attached hydrogen (secondary N) is 1. The van der Waals surface area contributed by atoms with Crippen molar-refractivity contribution in [3.63, 3.8) is 0 Å². The Morgan fingerprint density at radius 1 is 0.923 bits per heavy atom. The van der Waals surface area contributed by atoms with Crippen molar-refractivity contribution < 1.29 is 50.4 Å². The van der Waals surface area contributed by atoms with Crippen LogP contribution >= 0.6 is 0 Å². The Morgan fingerprint density at radius 2 is 1.54 bits per heavy atom. The van der Waals surface area contributed by atoms with Gasteiger partial charge in [0.05, 0.1) is 26.4 Å². The van der Waals surface area contributed by atoms with Crippen LogP contribution in [0.15, 0.2) is 36.4 Å². The summed E-state index contributed by atoms with van der Waals surface area (Å²) in [6, 6.07) is 11.0. The number of hydrogen-bond donors (Lipinski definition) is 9. The molecule has 1 fully saturated rings. The quantitative estimate of drug-likeness (QED) is 0.158. The second kappa shape index (κ2) is 13.6. The van der Waals surface area contributed by atoms with Crippen molar-refractivity contribution in [1.82, 2.24) is 5.32 Å². The lowest BCUT2D eigenvalue weighted by atomic mass is 9.88. The number of aromatic hydroxyl groups is 1. The van der Waals surface area contributed by atoms with Gasteiger partial charge in [-0.2, -0.15) is 0 Å². The molecule has 9 N–H and O–H groups in total. The molecule has 1 aliphatic heterocycles. The summed E-state index contributed by atoms with van der Waals surface area (Å²) in [5.74, 6) is -0.504. The average molecular weight is 550 g/mol. The Kier molecular flexibility index (Phi) is 10.8. The van der Waals surface area contributed by atoms with Crippen molar-refractivity contribution in [2.75, 3.05) is 26.4 Å². The zero-order chi connectivity index (χ0) is 28.7. The molecule has 0 aliphatic carbocycles. The largest absolute Gasteiger partial charge is 0.508 e. The van der Waals surface area contributed by atoms with Crippen molar-refractivity contribution in [2.24, 2.45) is 0 Å². The van der Waals surface area contributed by atoms with E-state index in [1.807, 2.05) is 31.2 Å². The third-order valence-corrected chi connectivity index (χ3v) is 7.28. The SMILES string of the molecule is Cc1cc(O)c([C@@H]2O[C@H](CO)[C@@H](O)[C@H](O)[C@H]2O)cc1Cc1ccc(CCCC(=O)NC(CO)(CO)CO)cc1. The molecular formula is C28H39NO10. The lowest BCUT2D eigenvalue weighted by molar-refractivity contribution is -0.232. The molecule has 5 atom stereocenters. The lowest BCUT2D eigenvalue weighted by Gasteiger charge is -2.40. The van der Waals surface area contributed by atoms with E-state index in [1.54, 1.807) is 12.1 Å². The zero-order valence-corrected chi connectivity index (χ0v) is 21.9. The van der Waals surface area contributed by atoms with Crippen LogP contribution in [-0.2, 0) is 22.4 Å². The molecule has 2 aromatic carbocycles. The van der Waals surface area contributed by atoms with Gasteiger partial charge in [0.2, 0.25) is 5.91 Å². The first-order valence-corrected chi connectivity index (χ1v) is 12.9. The van der Waals surface area contributed by atoms with Crippen LogP contribution in [0.25, 0.3) is 0 Å². The molecule has 0 saturated carbocycles. The number of carbonyl (C=O) groups excluding carboxylic acids is 1. The minimum atomic E-state index is -1.55. The van der Waals surface area contributed by atoms with E-state index < -0.39 is 62.5 Å². The van der Waals surface area contributed by atoms with Crippen molar-refractivity contribution in [1.29, 1.82) is 0 Å². The van der Waals surface area contributed by atoms with Crippen molar-refractivity contribution in [2.45, 2.75) is 68.7 Å². The maximum absolute atomic E-state index is 12.1. The van der Waals surface area contributed by atoms with Crippen LogP contribution < -0.4 is 5.32 Å². The Labute approximate surface area is 227 Å². The molecule has 3 rings (SSSR count). The van der Waals surface area contributed by atoms with E-state index in [0.29, 0.717) is 19.3 Å². The topological polar surface area (TPSA) is 200 Å². The number of carbonyl (C=O) groups is 1. The fraction of sp³-hybridized carbons (Fsp3) is 0.536. The smallest absolute Gasteiger partial charge is 0.220 e. The van der Waals surface area contributed by atoms with Gasteiger partial charge in [-0.05, 0) is 60.6 Å². The molecule has 0 aromatic heterocycles. The summed E-state index contributed by atoms with van der Waals surface area (Å²) in [6.07, 6.45) is -4.95. The lowest BCUT2D eigenvalue weighted by Crippen LogP contribution is -2.57. The van der Waals surface area contributed by atoms with Gasteiger partial charge in [0.15, 0.2) is 0 Å². The third-order valence-electron chi connectivity index (χ3n) is 7.28. The Balaban J connectivity index is 1.64. The van der Waals surface area contributed by atoms with Gasteiger partial charge in [0.25, 0.3) is 0 Å². The summed E-state index contributed by atoms with van der Waals surface area (Å²) in [6.45, 7) is -0.440. The second-order valence-electron chi connectivity index (χ2n) is 10.2. The summed E-state index contributed by atoms with van der Waals surface area (Å²) in [4.78, 5) is 12.1. The summed E-state index contributed by atoms with van der Waals surface area (Å²) in [5.41, 5.74) is 2.45. The van der Waals surface area contributed by atoms with Crippen LogP contribution in [0.5, 0.6) is 5.75 Å². The fourth-order valence-corrected chi connectivity index (χ4v) is 4.66. The van der Waals surface area contributed by atoms with E-state index >= 15 is 0 Å². The van der Waals surface area contributed by atoms with Gasteiger partial charge < -0.3 is 50.9 Å². The molecule has 11 nitrogen and oxygen atoms in total. The maximum atomic E-state index is 12.1. The standard InChI is InChI=1S/C28H39NO10/c1-16-9-21(34)20(27-26(38)25(37)24(36)22(12-30)39-27)11-19(16)10-18-7-5-17(6-8-18)3-2-4-23(35)29-28(13-31,14-32)15-33/h5-9,11,22,24-27,30-34,36-38H,2-4,10,12-15H2,1H3,(H,29,35)/t22-,24-,25+,26-,27+/m1/s1. The number of hydrogen-bond acceptors (Lipinski definition) is 10. The van der Waals surface area contributed by atoms with Crippen LogP contribution in [0.3, 0.4) is 0 Å². The van der Waals surface area contributed by atoms with E-state index in [4.69, 9.17) is 4.74 Å². The van der Waals surface area contributed by atoms with Crippen LogP contribution in [0.4, 0.5) is 0 Å². The molecule has 1 heterocycles. The van der Waals surface area contributed by atoms with Gasteiger partial charge in [0.1, 0.15) is 41.8 Å². The minimum Gasteiger partial charge on any atom is -0.508 e. The number of phenols is 1. The van der Waals surface area contributed by atoms with Gasteiger partial charge >= 0.3 is 0 Å². The number of benzene rings is 2. The van der Waals surface area contributed by atoms with Crippen molar-refractivity contribution in [3.8, 4) is 5.75 Å². The predicted molar refractivity (Wildman–Crippen MR) is 140 cm³/mol. The molecule has 216 valence electrons. The van der Waals surface area contributed by atoms with E-state index in [0.717, 1.165) is 22.3 Å². The first-order chi connectivity index (χ1) is 18.6. The van der Waals surface area contributed by atoms with Crippen molar-refractivity contribution in [3.05, 3.63) is 64.2 Å². The van der Waals surface area contributed by atoms with E-state index in [2.05, 4.69) is 5.32 Å². The first-order valence-electron chi connectivity index (χ1n) is 12.9. The van der Waals surface area contributed by atoms with Crippen LogP contribution in [0, 0.1) is 6.92 Å². The summed E-state index contributed by atoms with van der Waals surface area (Å²) >= 11 is 0. The van der Waals surface area contributed by atoms with Gasteiger partial charge in [-0.15, -0.1) is 0 Å². The molecule has 11 heteroatoms. The summed E-state index contributed by atoms with van der Waals surface area (Å²) in [7, 11) is 0. The third kappa shape index (κ3) is 7.33. The second-order valence-corrected chi connectivity index (χ2v) is 10.2. The minimum absolute atomic E-state index is 0.130. The molecule has 0 radical (unpaired) electrons. The molecule has 2 aromatic rings. The molecule has 0 spiro atoms. The average Bonchev–Trinajstić information content (AvgIpc) is 2.93. The molecule has 39 heavy (non-hydrogen) atoms.